The number of ether oxygens (including phenoxy) is 2. The number of nitrogens with zero attached hydrogens (tertiary/aromatic N) is 3. The molecule has 2 N–H and O–H groups in total. The van der Waals surface area contributed by atoms with Crippen LogP contribution in [0.4, 0.5) is 5.69 Å². The average Bonchev–Trinajstić information content (AvgIpc) is 2.94. The first-order chi connectivity index (χ1) is 10.0. The summed E-state index contributed by atoms with van der Waals surface area (Å²) in [6, 6.07) is 4.89. The molecule has 0 fully saturated rings. The molecule has 0 aliphatic rings. The minimum atomic E-state index is -0.466. The van der Waals surface area contributed by atoms with Gasteiger partial charge in [-0.3, -0.25) is 0 Å². The number of nitrogens with two attached hydrogens (primary N) is 1. The van der Waals surface area contributed by atoms with E-state index in [1.165, 1.54) is 13.4 Å². The van der Waals surface area contributed by atoms with Crippen molar-refractivity contribution in [1.29, 1.82) is 0 Å². The summed E-state index contributed by atoms with van der Waals surface area (Å²) in [6.07, 6.45) is 1.44. The zero-order valence-corrected chi connectivity index (χ0v) is 12.2. The van der Waals surface area contributed by atoms with Crippen molar-refractivity contribution in [3.8, 4) is 5.75 Å². The molecule has 0 radical (unpaired) electrons. The Morgan fingerprint density at radius 1 is 1.43 bits per heavy atom. The van der Waals surface area contributed by atoms with Crippen LogP contribution in [-0.4, -0.2) is 27.8 Å². The Bertz CT molecular complexity index is 637. The number of carbonyl (C=O) groups excluding carboxylic acids is 1. The number of anilines is 1. The maximum atomic E-state index is 12.0. The number of benzene rings is 1. The van der Waals surface area contributed by atoms with Gasteiger partial charge in [0, 0.05) is 6.04 Å². The molecule has 1 heterocycles. The van der Waals surface area contributed by atoms with Crippen molar-refractivity contribution in [2.45, 2.75) is 26.5 Å². The van der Waals surface area contributed by atoms with Crippen molar-refractivity contribution in [2.24, 2.45) is 0 Å². The van der Waals surface area contributed by atoms with Gasteiger partial charge in [-0.1, -0.05) is 0 Å². The van der Waals surface area contributed by atoms with Crippen LogP contribution >= 0.6 is 0 Å². The van der Waals surface area contributed by atoms with Crippen molar-refractivity contribution < 1.29 is 14.3 Å². The highest BCUT2D eigenvalue weighted by Crippen LogP contribution is 2.22. The topological polar surface area (TPSA) is 92.3 Å². The molecule has 0 aliphatic carbocycles. The number of rotatable bonds is 5. The predicted octanol–water partition coefficient (Wildman–Crippen LogP) is 1.81. The third-order valence-corrected chi connectivity index (χ3v) is 2.94. The molecule has 0 unspecified atom stereocenters. The first-order valence-corrected chi connectivity index (χ1v) is 6.52. The molecule has 0 amide bonds. The highest BCUT2D eigenvalue weighted by atomic mass is 16.5. The van der Waals surface area contributed by atoms with Crippen molar-refractivity contribution >= 4 is 11.7 Å². The number of aromatic nitrogens is 3. The Hall–Kier alpha value is -2.57. The SMILES string of the molecule is COc1cc(C(=O)OCc2ncnn2C(C)C)ccc1N. The number of carbonyl (C=O) groups is 1. The quantitative estimate of drug-likeness (QED) is 0.667. The summed E-state index contributed by atoms with van der Waals surface area (Å²) < 4.78 is 12.0. The first-order valence-electron chi connectivity index (χ1n) is 6.52. The lowest BCUT2D eigenvalue weighted by Crippen LogP contribution is -2.12. The van der Waals surface area contributed by atoms with Crippen LogP contribution in [0.3, 0.4) is 0 Å². The van der Waals surface area contributed by atoms with E-state index < -0.39 is 5.97 Å². The summed E-state index contributed by atoms with van der Waals surface area (Å²) in [5.41, 5.74) is 6.54. The molecule has 0 bridgehead atoms. The van der Waals surface area contributed by atoms with Crippen LogP contribution in [-0.2, 0) is 11.3 Å². The number of hydrogen-bond donors (Lipinski definition) is 1. The monoisotopic (exact) mass is 290 g/mol. The van der Waals surface area contributed by atoms with Gasteiger partial charge in [0.1, 0.15) is 12.1 Å². The summed E-state index contributed by atoms with van der Waals surface area (Å²) in [5, 5.41) is 4.08. The van der Waals surface area contributed by atoms with Gasteiger partial charge in [0.15, 0.2) is 12.4 Å². The van der Waals surface area contributed by atoms with E-state index in [4.69, 9.17) is 15.2 Å². The molecule has 0 aliphatic heterocycles. The summed E-state index contributed by atoms with van der Waals surface area (Å²) in [6.45, 7) is 4.01. The summed E-state index contributed by atoms with van der Waals surface area (Å²) in [7, 11) is 1.49. The van der Waals surface area contributed by atoms with Gasteiger partial charge in [-0.2, -0.15) is 5.10 Å². The third-order valence-electron chi connectivity index (χ3n) is 2.94. The molecule has 2 rings (SSSR count). The van der Waals surface area contributed by atoms with E-state index in [0.717, 1.165) is 0 Å². The van der Waals surface area contributed by atoms with Gasteiger partial charge in [-0.15, -0.1) is 0 Å². The van der Waals surface area contributed by atoms with Gasteiger partial charge in [-0.05, 0) is 32.0 Å². The third kappa shape index (κ3) is 3.31. The van der Waals surface area contributed by atoms with Crippen molar-refractivity contribution in [3.63, 3.8) is 0 Å². The molecule has 0 spiro atoms. The van der Waals surface area contributed by atoms with Gasteiger partial charge in [-0.25, -0.2) is 14.5 Å². The molecule has 0 saturated carbocycles. The molecule has 21 heavy (non-hydrogen) atoms. The second-order valence-electron chi connectivity index (χ2n) is 4.75. The predicted molar refractivity (Wildman–Crippen MR) is 76.9 cm³/mol. The van der Waals surface area contributed by atoms with Crippen molar-refractivity contribution in [1.82, 2.24) is 14.8 Å². The van der Waals surface area contributed by atoms with Gasteiger partial charge >= 0.3 is 5.97 Å². The molecule has 2 aromatic rings. The molecule has 0 saturated heterocycles. The molecular weight excluding hydrogens is 272 g/mol. The normalized spacial score (nSPS) is 10.7. The molecular formula is C14H18N4O3. The lowest BCUT2D eigenvalue weighted by atomic mass is 10.2. The fraction of sp³-hybridized carbons (Fsp3) is 0.357. The molecule has 7 nitrogen and oxygen atoms in total. The van der Waals surface area contributed by atoms with Gasteiger partial charge in [0.2, 0.25) is 0 Å². The Morgan fingerprint density at radius 2 is 2.19 bits per heavy atom. The van der Waals surface area contributed by atoms with Crippen LogP contribution in [0.25, 0.3) is 0 Å². The van der Waals surface area contributed by atoms with Crippen LogP contribution < -0.4 is 10.5 Å². The average molecular weight is 290 g/mol. The largest absolute Gasteiger partial charge is 0.495 e. The van der Waals surface area contributed by atoms with Crippen LogP contribution in [0.1, 0.15) is 36.1 Å². The second kappa shape index (κ2) is 6.25. The minimum Gasteiger partial charge on any atom is -0.495 e. The van der Waals surface area contributed by atoms with E-state index >= 15 is 0 Å². The molecule has 1 aromatic heterocycles. The lowest BCUT2D eigenvalue weighted by Gasteiger charge is -2.10. The first kappa shape index (κ1) is 14.8. The highest BCUT2D eigenvalue weighted by Gasteiger charge is 2.13. The van der Waals surface area contributed by atoms with E-state index in [1.54, 1.807) is 22.9 Å². The Morgan fingerprint density at radius 3 is 2.86 bits per heavy atom. The number of methoxy groups -OCH3 is 1. The maximum Gasteiger partial charge on any atom is 0.338 e. The van der Waals surface area contributed by atoms with E-state index in [1.807, 2.05) is 13.8 Å². The standard InChI is InChI=1S/C14H18N4O3/c1-9(2)18-13(16-8-17-18)7-21-14(19)10-4-5-11(15)12(6-10)20-3/h4-6,8-9H,7,15H2,1-3H3. The highest BCUT2D eigenvalue weighted by molar-refractivity contribution is 5.90. The summed E-state index contributed by atoms with van der Waals surface area (Å²) >= 11 is 0. The van der Waals surface area contributed by atoms with Crippen molar-refractivity contribution in [2.75, 3.05) is 12.8 Å². The summed E-state index contributed by atoms with van der Waals surface area (Å²) in [5.74, 6) is 0.571. The lowest BCUT2D eigenvalue weighted by molar-refractivity contribution is 0.0454. The smallest absolute Gasteiger partial charge is 0.338 e. The van der Waals surface area contributed by atoms with E-state index in [-0.39, 0.29) is 12.6 Å². The number of esters is 1. The molecule has 0 atom stereocenters. The molecule has 112 valence electrons. The van der Waals surface area contributed by atoms with Crippen molar-refractivity contribution in [3.05, 3.63) is 35.9 Å². The van der Waals surface area contributed by atoms with E-state index in [0.29, 0.717) is 22.8 Å². The van der Waals surface area contributed by atoms with Gasteiger partial charge in [0.25, 0.3) is 0 Å². The summed E-state index contributed by atoms with van der Waals surface area (Å²) in [4.78, 5) is 16.1. The fourth-order valence-electron chi connectivity index (χ4n) is 1.86. The second-order valence-corrected chi connectivity index (χ2v) is 4.75. The van der Waals surface area contributed by atoms with Crippen LogP contribution in [0.5, 0.6) is 5.75 Å². The maximum absolute atomic E-state index is 12.0. The van der Waals surface area contributed by atoms with E-state index in [2.05, 4.69) is 10.1 Å². The Kier molecular flexibility index (Phi) is 4.42. The van der Waals surface area contributed by atoms with Crippen LogP contribution in [0, 0.1) is 0 Å². The minimum absolute atomic E-state index is 0.0592. The van der Waals surface area contributed by atoms with Gasteiger partial charge in [0.05, 0.1) is 18.4 Å². The molecule has 1 aromatic carbocycles. The zero-order chi connectivity index (χ0) is 15.4. The van der Waals surface area contributed by atoms with Gasteiger partial charge < -0.3 is 15.2 Å². The zero-order valence-electron chi connectivity index (χ0n) is 12.2. The number of hydrogen-bond acceptors (Lipinski definition) is 6. The Labute approximate surface area is 122 Å². The van der Waals surface area contributed by atoms with E-state index in [9.17, 15) is 4.79 Å². The number of nitrogen functional groups attached to an aromatic ring is 1. The Balaban J connectivity index is 2.06. The fourth-order valence-corrected chi connectivity index (χ4v) is 1.86. The molecule has 7 heteroatoms. The van der Waals surface area contributed by atoms with Crippen LogP contribution in [0.2, 0.25) is 0 Å². The van der Waals surface area contributed by atoms with Crippen LogP contribution in [0.15, 0.2) is 24.5 Å².